The van der Waals surface area contributed by atoms with Gasteiger partial charge in [-0.3, -0.25) is 9.78 Å². The van der Waals surface area contributed by atoms with Crippen LogP contribution in [-0.4, -0.2) is 19.7 Å². The van der Waals surface area contributed by atoms with E-state index in [2.05, 4.69) is 15.3 Å². The van der Waals surface area contributed by atoms with Crippen LogP contribution in [0.5, 0.6) is 0 Å². The average molecular weight is 440 g/mol. The highest BCUT2D eigenvalue weighted by Gasteiger charge is 2.35. The van der Waals surface area contributed by atoms with Crippen LogP contribution < -0.4 is 10.9 Å². The van der Waals surface area contributed by atoms with E-state index >= 15 is 0 Å². The lowest BCUT2D eigenvalue weighted by atomic mass is 9.83. The van der Waals surface area contributed by atoms with Crippen LogP contribution in [0.1, 0.15) is 28.3 Å². The van der Waals surface area contributed by atoms with Gasteiger partial charge in [-0.2, -0.15) is 5.10 Å². The molecule has 0 saturated heterocycles. The number of nitrogens with zero attached hydrogens (tertiary/aromatic N) is 2. The number of fused-ring (bicyclic) bond motifs is 2. The van der Waals surface area contributed by atoms with Gasteiger partial charge in [0.05, 0.1) is 16.9 Å². The van der Waals surface area contributed by atoms with E-state index in [4.69, 9.17) is 28.9 Å². The van der Waals surface area contributed by atoms with Crippen molar-refractivity contribution in [3.05, 3.63) is 96.9 Å². The molecule has 1 atom stereocenters. The van der Waals surface area contributed by atoms with Crippen molar-refractivity contribution in [3.63, 3.8) is 0 Å². The quantitative estimate of drug-likeness (QED) is 0.340. The van der Waals surface area contributed by atoms with Crippen LogP contribution in [0.4, 0.5) is 16.0 Å². The first-order chi connectivity index (χ1) is 14.4. The summed E-state index contributed by atoms with van der Waals surface area (Å²) in [5.74, 6) is 0.364. The van der Waals surface area contributed by atoms with Gasteiger partial charge in [-0.25, -0.2) is 9.07 Å². The number of anilines is 2. The van der Waals surface area contributed by atoms with Crippen molar-refractivity contribution in [2.24, 2.45) is 0 Å². The van der Waals surface area contributed by atoms with Crippen LogP contribution in [0.3, 0.4) is 0 Å². The minimum atomic E-state index is -0.458. The molecule has 1 unspecified atom stereocenters. The lowest BCUT2D eigenvalue weighted by Crippen LogP contribution is -2.26. The molecule has 1 aliphatic rings. The van der Waals surface area contributed by atoms with Gasteiger partial charge in [-0.05, 0) is 55.0 Å². The molecule has 0 saturated carbocycles. The fraction of sp³-hybridized carbons (Fsp3) is 0.0952. The number of aryl methyl sites for hydroxylation is 1. The number of aromatic amines is 2. The van der Waals surface area contributed by atoms with Crippen LogP contribution in [0.2, 0.25) is 5.02 Å². The Morgan fingerprint density at radius 1 is 1.13 bits per heavy atom. The van der Waals surface area contributed by atoms with Crippen molar-refractivity contribution in [3.8, 4) is 5.69 Å². The van der Waals surface area contributed by atoms with E-state index in [1.807, 2.05) is 19.1 Å². The summed E-state index contributed by atoms with van der Waals surface area (Å²) in [4.78, 5) is 18.6. The molecule has 9 heteroatoms. The summed E-state index contributed by atoms with van der Waals surface area (Å²) < 4.78 is 15.5. The van der Waals surface area contributed by atoms with Gasteiger partial charge in [0.15, 0.2) is 4.77 Å². The summed E-state index contributed by atoms with van der Waals surface area (Å²) in [6.07, 6.45) is 0. The highest BCUT2D eigenvalue weighted by atomic mass is 35.5. The third kappa shape index (κ3) is 2.96. The number of halogens is 2. The van der Waals surface area contributed by atoms with Gasteiger partial charge in [-0.15, -0.1) is 0 Å². The summed E-state index contributed by atoms with van der Waals surface area (Å²) >= 11 is 11.3. The Morgan fingerprint density at radius 2 is 1.90 bits per heavy atom. The van der Waals surface area contributed by atoms with Crippen LogP contribution >= 0.6 is 23.8 Å². The Hall–Kier alpha value is -3.23. The largest absolute Gasteiger partial charge is 0.326 e. The number of nitrogens with one attached hydrogen (secondary N) is 3. The maximum absolute atomic E-state index is 13.6. The first kappa shape index (κ1) is 18.8. The molecule has 0 radical (unpaired) electrons. The number of benzene rings is 2. The average Bonchev–Trinajstić information content (AvgIpc) is 3.03. The van der Waals surface area contributed by atoms with Crippen LogP contribution in [0, 0.1) is 17.5 Å². The van der Waals surface area contributed by atoms with E-state index in [-0.39, 0.29) is 16.1 Å². The highest BCUT2D eigenvalue weighted by molar-refractivity contribution is 7.71. The van der Waals surface area contributed by atoms with Gasteiger partial charge < -0.3 is 10.3 Å². The molecule has 6 nitrogen and oxygen atoms in total. The molecule has 4 aromatic rings. The Labute approximate surface area is 180 Å². The third-order valence-corrected chi connectivity index (χ3v) is 5.60. The van der Waals surface area contributed by atoms with Crippen LogP contribution in [0.25, 0.3) is 5.69 Å². The second-order valence-electron chi connectivity index (χ2n) is 7.05. The lowest BCUT2D eigenvalue weighted by Gasteiger charge is -2.27. The van der Waals surface area contributed by atoms with Crippen LogP contribution in [-0.2, 0) is 0 Å². The summed E-state index contributed by atoms with van der Waals surface area (Å²) in [7, 11) is 0. The summed E-state index contributed by atoms with van der Waals surface area (Å²) in [6.45, 7) is 1.88. The molecule has 30 heavy (non-hydrogen) atoms. The first-order valence-electron chi connectivity index (χ1n) is 9.17. The zero-order valence-electron chi connectivity index (χ0n) is 15.7. The smallest absolute Gasteiger partial charge is 0.257 e. The standard InChI is InChI=1S/C21H15ClFN5OS/c1-10-15-16(11-5-7-13(23)8-6-11)17-18(25-21(30)26-20(17)29)24-19(15)28(27-10)14-4-2-3-12(22)9-14/h2-9,16H,1H3,(H3,24,25,26,29,30). The SMILES string of the molecule is Cc1nn(-c2cccc(Cl)c2)c2c1C(c1ccc(F)cc1)c1c([nH]c(=S)[nH]c1=O)N2. The third-order valence-electron chi connectivity index (χ3n) is 5.16. The molecular formula is C21H15ClFN5OS. The number of hydrogen-bond donors (Lipinski definition) is 3. The van der Waals surface area contributed by atoms with Crippen molar-refractivity contribution in [1.82, 2.24) is 19.7 Å². The van der Waals surface area contributed by atoms with Crippen molar-refractivity contribution in [2.75, 3.05) is 5.32 Å². The molecule has 3 N–H and O–H groups in total. The van der Waals surface area contributed by atoms with E-state index < -0.39 is 5.92 Å². The molecule has 5 rings (SSSR count). The Balaban J connectivity index is 1.82. The fourth-order valence-corrected chi connectivity index (χ4v) is 4.30. The number of aromatic nitrogens is 4. The molecule has 2 aromatic carbocycles. The fourth-order valence-electron chi connectivity index (χ4n) is 3.92. The summed E-state index contributed by atoms with van der Waals surface area (Å²) in [5, 5.41) is 8.56. The van der Waals surface area contributed by atoms with Gasteiger partial charge in [0.25, 0.3) is 5.56 Å². The van der Waals surface area contributed by atoms with E-state index in [0.717, 1.165) is 22.5 Å². The molecule has 2 aromatic heterocycles. The number of H-pyrrole nitrogens is 2. The van der Waals surface area contributed by atoms with Gasteiger partial charge >= 0.3 is 0 Å². The lowest BCUT2D eigenvalue weighted by molar-refractivity contribution is 0.626. The van der Waals surface area contributed by atoms with Crippen molar-refractivity contribution >= 4 is 35.5 Å². The zero-order chi connectivity index (χ0) is 21.0. The molecule has 150 valence electrons. The first-order valence-corrected chi connectivity index (χ1v) is 9.95. The molecule has 0 amide bonds. The normalized spacial score (nSPS) is 14.7. The molecule has 3 heterocycles. The Morgan fingerprint density at radius 3 is 2.63 bits per heavy atom. The Kier molecular flexibility index (Phi) is 4.34. The molecule has 0 spiro atoms. The maximum Gasteiger partial charge on any atom is 0.257 e. The van der Waals surface area contributed by atoms with E-state index in [0.29, 0.717) is 22.2 Å². The maximum atomic E-state index is 13.6. The molecular weight excluding hydrogens is 425 g/mol. The van der Waals surface area contributed by atoms with Crippen LogP contribution in [0.15, 0.2) is 53.3 Å². The van der Waals surface area contributed by atoms with Crippen molar-refractivity contribution in [1.29, 1.82) is 0 Å². The van der Waals surface area contributed by atoms with Gasteiger partial charge in [-0.1, -0.05) is 29.8 Å². The number of rotatable bonds is 2. The second-order valence-corrected chi connectivity index (χ2v) is 7.89. The molecule has 0 bridgehead atoms. The Bertz CT molecular complexity index is 1410. The number of hydrogen-bond acceptors (Lipinski definition) is 4. The van der Waals surface area contributed by atoms with Gasteiger partial charge in [0, 0.05) is 16.5 Å². The minimum Gasteiger partial charge on any atom is -0.326 e. The highest BCUT2D eigenvalue weighted by Crippen LogP contribution is 2.44. The minimum absolute atomic E-state index is 0.207. The van der Waals surface area contributed by atoms with E-state index in [1.54, 1.807) is 28.9 Å². The monoisotopic (exact) mass is 439 g/mol. The van der Waals surface area contributed by atoms with Gasteiger partial charge in [0.2, 0.25) is 0 Å². The van der Waals surface area contributed by atoms with E-state index in [1.165, 1.54) is 12.1 Å². The topological polar surface area (TPSA) is 78.5 Å². The molecule has 1 aliphatic heterocycles. The van der Waals surface area contributed by atoms with Crippen molar-refractivity contribution in [2.45, 2.75) is 12.8 Å². The predicted molar refractivity (Wildman–Crippen MR) is 116 cm³/mol. The van der Waals surface area contributed by atoms with Crippen molar-refractivity contribution < 1.29 is 4.39 Å². The summed E-state index contributed by atoms with van der Waals surface area (Å²) in [5.41, 5.74) is 3.26. The molecule has 0 aliphatic carbocycles. The second kappa shape index (κ2) is 6.93. The van der Waals surface area contributed by atoms with E-state index in [9.17, 15) is 9.18 Å². The van der Waals surface area contributed by atoms with Gasteiger partial charge in [0.1, 0.15) is 17.5 Å². The predicted octanol–water partition coefficient (Wildman–Crippen LogP) is 4.96. The zero-order valence-corrected chi connectivity index (χ0v) is 17.2. The molecule has 0 fully saturated rings. The summed E-state index contributed by atoms with van der Waals surface area (Å²) in [6, 6.07) is 13.4.